The molecular weight excluding hydrogens is 780 g/mol. The van der Waals surface area contributed by atoms with Gasteiger partial charge in [-0.05, 0) is 66.5 Å². The van der Waals surface area contributed by atoms with Gasteiger partial charge >= 0.3 is 24.1 Å². The maximum atomic E-state index is 13.3. The van der Waals surface area contributed by atoms with Crippen LogP contribution in [0.1, 0.15) is 66.5 Å². The van der Waals surface area contributed by atoms with Crippen molar-refractivity contribution in [3.8, 4) is 0 Å². The van der Waals surface area contributed by atoms with Crippen molar-refractivity contribution in [2.24, 2.45) is 0 Å². The van der Waals surface area contributed by atoms with Crippen LogP contribution in [-0.2, 0) is 60.6 Å². The predicted molar refractivity (Wildman–Crippen MR) is 214 cm³/mol. The van der Waals surface area contributed by atoms with Crippen LogP contribution in [0.15, 0.2) is 60.7 Å². The smallest absolute Gasteiger partial charge is 0.408 e. The highest BCUT2D eigenvalue weighted by Gasteiger charge is 2.41. The van der Waals surface area contributed by atoms with Crippen LogP contribution in [0.2, 0.25) is 0 Å². The highest BCUT2D eigenvalue weighted by atomic mass is 16.6. The zero-order chi connectivity index (χ0) is 44.4. The molecular formula is C42H56N6O12. The molecule has 4 rings (SSSR count). The van der Waals surface area contributed by atoms with Gasteiger partial charge in [0.2, 0.25) is 23.6 Å². The van der Waals surface area contributed by atoms with Crippen LogP contribution in [0.4, 0.5) is 9.59 Å². The van der Waals surface area contributed by atoms with Crippen LogP contribution >= 0.6 is 0 Å². The summed E-state index contributed by atoms with van der Waals surface area (Å²) in [7, 11) is 0. The van der Waals surface area contributed by atoms with Crippen molar-refractivity contribution in [3.05, 3.63) is 71.8 Å². The number of hydrogen-bond acceptors (Lipinski definition) is 14. The van der Waals surface area contributed by atoms with Gasteiger partial charge in [0.05, 0.1) is 26.2 Å². The van der Waals surface area contributed by atoms with Crippen molar-refractivity contribution in [2.75, 3.05) is 39.6 Å². The molecule has 4 atom stereocenters. The molecule has 2 fully saturated rings. The largest absolute Gasteiger partial charge is 0.444 e. The molecule has 0 radical (unpaired) electrons. The lowest BCUT2D eigenvalue weighted by Crippen LogP contribution is -2.63. The molecule has 60 heavy (non-hydrogen) atoms. The molecule has 0 saturated carbocycles. The predicted octanol–water partition coefficient (Wildman–Crippen LogP) is 2.38. The third-order valence-electron chi connectivity index (χ3n) is 9.60. The Hall–Kier alpha value is -5.88. The molecule has 2 aromatic carbocycles. The fourth-order valence-corrected chi connectivity index (χ4v) is 6.34. The molecule has 2 aromatic rings. The van der Waals surface area contributed by atoms with Crippen LogP contribution in [0.3, 0.4) is 0 Å². The summed E-state index contributed by atoms with van der Waals surface area (Å²) in [6, 6.07) is 14.4. The van der Waals surface area contributed by atoms with E-state index in [1.54, 1.807) is 126 Å². The second-order valence-electron chi connectivity index (χ2n) is 16.7. The van der Waals surface area contributed by atoms with Crippen LogP contribution in [0.5, 0.6) is 0 Å². The van der Waals surface area contributed by atoms with E-state index in [1.165, 1.54) is 0 Å². The van der Waals surface area contributed by atoms with E-state index in [2.05, 4.69) is 10.6 Å². The average molecular weight is 837 g/mol. The molecule has 2 aliphatic heterocycles. The number of carbonyl (C=O) groups is 8. The Bertz CT molecular complexity index is 1710. The normalized spacial score (nSPS) is 17.6. The van der Waals surface area contributed by atoms with E-state index in [4.69, 9.17) is 18.9 Å². The third kappa shape index (κ3) is 14.1. The van der Waals surface area contributed by atoms with E-state index >= 15 is 0 Å². The fraction of sp³-hybridized carbons (Fsp3) is 0.524. The first-order valence-electron chi connectivity index (χ1n) is 19.6. The first kappa shape index (κ1) is 46.8. The monoisotopic (exact) mass is 836 g/mol. The number of piperazine rings is 2. The summed E-state index contributed by atoms with van der Waals surface area (Å²) in [5, 5.41) is 5.03. The summed E-state index contributed by atoms with van der Waals surface area (Å²) in [5.41, 5.74) is -0.200. The zero-order valence-corrected chi connectivity index (χ0v) is 35.4. The number of nitrogens with zero attached hydrogens (tertiary/aromatic N) is 4. The molecule has 18 nitrogen and oxygen atoms in total. The minimum Gasteiger partial charge on any atom is -0.444 e. The number of esters is 2. The number of amides is 6. The van der Waals surface area contributed by atoms with Crippen molar-refractivity contribution >= 4 is 47.8 Å². The number of imide groups is 2. The summed E-state index contributed by atoms with van der Waals surface area (Å²) in [6.07, 6.45) is -1.54. The van der Waals surface area contributed by atoms with Gasteiger partial charge in [0.1, 0.15) is 23.3 Å². The maximum absolute atomic E-state index is 13.3. The Morgan fingerprint density at radius 1 is 0.550 bits per heavy atom. The van der Waals surface area contributed by atoms with Gasteiger partial charge in [-0.3, -0.25) is 29.0 Å². The average Bonchev–Trinajstić information content (AvgIpc) is 3.15. The molecule has 2 saturated heterocycles. The summed E-state index contributed by atoms with van der Waals surface area (Å²) >= 11 is 0. The van der Waals surface area contributed by atoms with E-state index in [0.29, 0.717) is 0 Å². The number of nitrogens with one attached hydrogen (secondary N) is 2. The number of alkyl carbamates (subject to hydrolysis) is 2. The van der Waals surface area contributed by atoms with E-state index in [-0.39, 0.29) is 39.0 Å². The number of benzene rings is 2. The maximum Gasteiger partial charge on any atom is 0.408 e. The quantitative estimate of drug-likeness (QED) is 0.150. The molecule has 0 spiro atoms. The molecule has 6 amide bonds. The molecule has 18 heteroatoms. The van der Waals surface area contributed by atoms with E-state index < -0.39 is 96.6 Å². The van der Waals surface area contributed by atoms with Gasteiger partial charge in [0.15, 0.2) is 13.5 Å². The summed E-state index contributed by atoms with van der Waals surface area (Å²) in [5.74, 6) is -4.29. The molecule has 326 valence electrons. The summed E-state index contributed by atoms with van der Waals surface area (Å²) in [6.45, 7) is 11.3. The lowest BCUT2D eigenvalue weighted by molar-refractivity contribution is -0.169. The van der Waals surface area contributed by atoms with Gasteiger partial charge in [0.25, 0.3) is 0 Å². The lowest BCUT2D eigenvalue weighted by atomic mass is 10.1. The molecule has 2 N–H and O–H groups in total. The third-order valence-corrected chi connectivity index (χ3v) is 9.60. The topological polar surface area (TPSA) is 210 Å². The first-order chi connectivity index (χ1) is 28.1. The van der Waals surface area contributed by atoms with E-state index in [9.17, 15) is 38.4 Å². The molecule has 0 aliphatic carbocycles. The van der Waals surface area contributed by atoms with Gasteiger partial charge in [-0.25, -0.2) is 29.0 Å². The van der Waals surface area contributed by atoms with Crippen molar-refractivity contribution in [2.45, 2.75) is 104 Å². The molecule has 0 bridgehead atoms. The van der Waals surface area contributed by atoms with Crippen molar-refractivity contribution in [3.63, 3.8) is 0 Å². The van der Waals surface area contributed by atoms with E-state index in [0.717, 1.165) is 20.9 Å². The van der Waals surface area contributed by atoms with Crippen molar-refractivity contribution < 1.29 is 57.3 Å². The fourth-order valence-electron chi connectivity index (χ4n) is 6.34. The van der Waals surface area contributed by atoms with Gasteiger partial charge in [0, 0.05) is 24.9 Å². The van der Waals surface area contributed by atoms with Crippen LogP contribution < -0.4 is 10.6 Å². The van der Waals surface area contributed by atoms with E-state index in [1.807, 2.05) is 0 Å². The second kappa shape index (κ2) is 20.4. The van der Waals surface area contributed by atoms with Crippen LogP contribution in [0, 0.1) is 0 Å². The number of carbonyl (C=O) groups excluding carboxylic acids is 8. The second-order valence-corrected chi connectivity index (χ2v) is 16.7. The Labute approximate surface area is 349 Å². The minimum absolute atomic E-state index is 0.0664. The zero-order valence-electron chi connectivity index (χ0n) is 35.4. The van der Waals surface area contributed by atoms with Gasteiger partial charge in [-0.15, -0.1) is 0 Å². The number of hydrogen-bond donors (Lipinski definition) is 2. The minimum atomic E-state index is -1.18. The summed E-state index contributed by atoms with van der Waals surface area (Å²) < 4.78 is 21.4. The van der Waals surface area contributed by atoms with Gasteiger partial charge in [-0.2, -0.15) is 0 Å². The van der Waals surface area contributed by atoms with Crippen molar-refractivity contribution in [1.29, 1.82) is 0 Å². The Kier molecular flexibility index (Phi) is 15.9. The molecule has 0 aromatic heterocycles. The SMILES string of the molecule is C[C@H]([C@H](C)N1CC(=O)N(COC(=O)[C@H](Cc2ccccc2)NC(=O)OC(C)(C)C)C(=O)C1)N1CC(=O)N(COC(=O)[C@H](Cc2ccccc2)NC(=O)OC(C)(C)C)C(=O)C1. The Morgan fingerprint density at radius 3 is 1.13 bits per heavy atom. The lowest BCUT2D eigenvalue weighted by Gasteiger charge is -2.43. The Balaban J connectivity index is 1.30. The highest BCUT2D eigenvalue weighted by molar-refractivity contribution is 6.00. The van der Waals surface area contributed by atoms with Crippen LogP contribution in [-0.4, -0.2) is 142 Å². The van der Waals surface area contributed by atoms with Gasteiger partial charge in [-0.1, -0.05) is 60.7 Å². The number of ether oxygens (including phenoxy) is 4. The highest BCUT2D eigenvalue weighted by Crippen LogP contribution is 2.19. The molecule has 2 heterocycles. The first-order valence-corrected chi connectivity index (χ1v) is 19.6. The van der Waals surface area contributed by atoms with Crippen molar-refractivity contribution in [1.82, 2.24) is 30.2 Å². The number of rotatable bonds is 15. The van der Waals surface area contributed by atoms with Crippen LogP contribution in [0.25, 0.3) is 0 Å². The van der Waals surface area contributed by atoms with Gasteiger partial charge < -0.3 is 29.6 Å². The molecule has 0 unspecified atom stereocenters. The summed E-state index contributed by atoms with van der Waals surface area (Å²) in [4.78, 5) is 109. The Morgan fingerprint density at radius 2 is 0.850 bits per heavy atom. The standard InChI is InChI=1S/C42H56N6O12/c1-27(45-21-33(49)47(34(50)22-45)25-57-37(53)31(19-29-15-11-9-12-16-29)43-39(55)59-41(3,4)5)28(2)46-23-35(51)48(36(52)24-46)26-58-38(54)32(20-30-17-13-10-14-18-30)44-40(56)60-42(6,7)8/h9-18,27-28,31-32H,19-26H2,1-8H3,(H,43,55)(H,44,56)/t27-,28+,31-,32-/m0/s1. The molecule has 2 aliphatic rings.